The zero-order valence-electron chi connectivity index (χ0n) is 47.3. The molecule has 0 spiro atoms. The van der Waals surface area contributed by atoms with Crippen molar-refractivity contribution in [1.82, 2.24) is 39.7 Å². The molecular weight excluding hydrogens is 1250 g/mol. The molecule has 0 bridgehead atoms. The van der Waals surface area contributed by atoms with Gasteiger partial charge in [-0.25, -0.2) is 24.9 Å². The van der Waals surface area contributed by atoms with Crippen molar-refractivity contribution in [1.29, 1.82) is 0 Å². The predicted molar refractivity (Wildman–Crippen MR) is 338 cm³/mol. The second-order valence-corrected chi connectivity index (χ2v) is 19.6. The van der Waals surface area contributed by atoms with E-state index in [1.165, 1.54) is 60.7 Å². The summed E-state index contributed by atoms with van der Waals surface area (Å²) < 4.78 is 30.4. The third-order valence-electron chi connectivity index (χ3n) is 12.2. The highest BCUT2D eigenvalue weighted by molar-refractivity contribution is 9.10. The van der Waals surface area contributed by atoms with E-state index >= 15 is 0 Å². The fourth-order valence-electron chi connectivity index (χ4n) is 6.97. The van der Waals surface area contributed by atoms with Crippen LogP contribution in [0.4, 0.5) is 0 Å². The molecule has 25 heteroatoms. The number of carbonyl (C=O) groups is 3. The topological polar surface area (TPSA) is 305 Å². The quantitative estimate of drug-likeness (QED) is 0.0951. The Morgan fingerprint density at radius 3 is 1.36 bits per heavy atom. The van der Waals surface area contributed by atoms with Gasteiger partial charge in [-0.1, -0.05) is 53.1 Å². The normalized spacial score (nSPS) is 12.6. The van der Waals surface area contributed by atoms with Gasteiger partial charge >= 0.3 is 12.3 Å². The monoisotopic (exact) mass is 1340 g/mol. The van der Waals surface area contributed by atoms with Crippen molar-refractivity contribution >= 4 is 62.4 Å². The molecule has 0 radical (unpaired) electrons. The Morgan fingerprint density at radius 2 is 0.943 bits per heavy atom. The lowest BCUT2D eigenvalue weighted by atomic mass is 10.2. The first-order chi connectivity index (χ1) is 39.3. The number of nitrogens with one attached hydrogen (secondary N) is 1. The number of ether oxygens (including phenoxy) is 6. The number of alkyl halides is 1. The molecule has 478 valence electrons. The largest absolute Gasteiger partial charge is 0.481 e. The lowest BCUT2D eigenvalue weighted by molar-refractivity contribution is -0.193. The van der Waals surface area contributed by atoms with Crippen LogP contribution >= 0.6 is 31.9 Å². The standard InChI is InChI=1S/C11H12N2O2.C10H10N2O2.C8H10BrNO.C8H9NO3.C8H11NO.C7H8BrNO.C3H7N.2CO2.5CH4/c1-15-10-4-7-6-13(8-2-3-8)11(14)9(7)5-12-10;13-9-3-6-5-12(7-1-2-7)10(14)8(6)4-11-9;1-6-5-10-8(11-2)3-7(6)4-9;1-6-3-8(11-2)9-4-7(6)12-5-10;1-6-4-8(10-3)9-5-7(6)2;1-5-3-7(10-2)9-4-6(5)8;4-3-1-2-3;2*2-1-3;;;;;/h4-5,8H,2-3,6H2,1H3;3-4,7H,1-2,5H2,(H,11,13);3,5H,4H2,1-2H3;3-5H,1-2H3;4-5H,1-3H3;3-4H,1-2H3;3H,1-2,4H2;;;5*1H4. The van der Waals surface area contributed by atoms with E-state index in [1.807, 2.05) is 81.1 Å². The number of hydrogen-bond acceptors (Lipinski definition) is 20. The molecule has 3 fully saturated rings. The first-order valence-electron chi connectivity index (χ1n) is 25.2. The zero-order chi connectivity index (χ0) is 60.9. The summed E-state index contributed by atoms with van der Waals surface area (Å²) in [6.07, 6.45) is 17.5. The number of amides is 2. The number of rotatable bonds is 10. The van der Waals surface area contributed by atoms with E-state index in [4.69, 9.17) is 48.6 Å². The Kier molecular flexibility index (Phi) is 41.4. The van der Waals surface area contributed by atoms with Gasteiger partial charge in [0.15, 0.2) is 5.75 Å². The Morgan fingerprint density at radius 1 is 0.552 bits per heavy atom. The Labute approximate surface area is 528 Å². The Balaban J connectivity index is -0.000000937. The fourth-order valence-corrected chi connectivity index (χ4v) is 7.79. The van der Waals surface area contributed by atoms with Gasteiger partial charge < -0.3 is 48.9 Å². The molecule has 2 aliphatic heterocycles. The first kappa shape index (κ1) is 83.0. The molecule has 6 aromatic rings. The van der Waals surface area contributed by atoms with E-state index in [0.717, 1.165) is 69.8 Å². The second kappa shape index (κ2) is 43.4. The molecule has 11 rings (SSSR count). The number of aromatic nitrogens is 6. The van der Waals surface area contributed by atoms with Gasteiger partial charge in [0.25, 0.3) is 18.3 Å². The van der Waals surface area contributed by atoms with Crippen LogP contribution in [0.25, 0.3) is 0 Å². The van der Waals surface area contributed by atoms with Gasteiger partial charge in [-0.3, -0.25) is 19.2 Å². The molecule has 0 saturated heterocycles. The van der Waals surface area contributed by atoms with Crippen LogP contribution in [0.5, 0.6) is 35.1 Å². The number of H-pyrrole nitrogens is 1. The highest BCUT2D eigenvalue weighted by Crippen LogP contribution is 2.36. The van der Waals surface area contributed by atoms with Gasteiger partial charge in [0, 0.05) is 108 Å². The van der Waals surface area contributed by atoms with Crippen LogP contribution in [-0.4, -0.2) is 124 Å². The number of fused-ring (bicyclic) bond motifs is 2. The summed E-state index contributed by atoms with van der Waals surface area (Å²) in [5.74, 6) is 3.74. The summed E-state index contributed by atoms with van der Waals surface area (Å²) in [6, 6.07) is 12.3. The Hall–Kier alpha value is -8.21. The van der Waals surface area contributed by atoms with Crippen LogP contribution in [0.1, 0.15) is 141 Å². The molecule has 2 amide bonds. The van der Waals surface area contributed by atoms with E-state index in [-0.39, 0.29) is 66.8 Å². The van der Waals surface area contributed by atoms with Crippen LogP contribution < -0.4 is 39.7 Å². The third kappa shape index (κ3) is 28.2. The van der Waals surface area contributed by atoms with E-state index in [9.17, 15) is 19.2 Å². The van der Waals surface area contributed by atoms with E-state index in [2.05, 4.69) is 66.5 Å². The third-order valence-corrected chi connectivity index (χ3v) is 13.6. The molecule has 23 nitrogen and oxygen atoms in total. The number of nitrogens with two attached hydrogens (primary N) is 1. The lowest BCUT2D eigenvalue weighted by Crippen LogP contribution is -2.25. The maximum Gasteiger partial charge on any atom is 0.373 e. The molecule has 3 N–H and O–H groups in total. The van der Waals surface area contributed by atoms with Crippen molar-refractivity contribution in [3.05, 3.63) is 144 Å². The second-order valence-electron chi connectivity index (χ2n) is 18.2. The number of methoxy groups -OCH3 is 5. The molecule has 0 aromatic carbocycles. The minimum atomic E-state index is -0.130. The number of aromatic amines is 1. The molecule has 87 heavy (non-hydrogen) atoms. The predicted octanol–water partition coefficient (Wildman–Crippen LogP) is 10.9. The molecule has 3 aliphatic carbocycles. The number of pyridine rings is 6. The number of nitrogens with zero attached hydrogens (tertiary/aromatic N) is 7. The number of carbonyl (C=O) groups excluding carboxylic acids is 7. The summed E-state index contributed by atoms with van der Waals surface area (Å²) in [5.41, 5.74) is 15.2. The average molecular weight is 1340 g/mol. The van der Waals surface area contributed by atoms with Crippen molar-refractivity contribution in [2.24, 2.45) is 5.73 Å². The van der Waals surface area contributed by atoms with E-state index in [0.29, 0.717) is 71.9 Å². The van der Waals surface area contributed by atoms with E-state index < -0.39 is 0 Å². The summed E-state index contributed by atoms with van der Waals surface area (Å²) in [6.45, 7) is 11.6. The first-order valence-corrected chi connectivity index (χ1v) is 27.1. The summed E-state index contributed by atoms with van der Waals surface area (Å²) in [7, 11) is 7.97. The van der Waals surface area contributed by atoms with Crippen LogP contribution in [-0.2, 0) is 42.4 Å². The van der Waals surface area contributed by atoms with Crippen LogP contribution in [0.3, 0.4) is 0 Å². The van der Waals surface area contributed by atoms with Crippen molar-refractivity contribution < 1.29 is 62.0 Å². The lowest BCUT2D eigenvalue weighted by Gasteiger charge is -2.13. The minimum Gasteiger partial charge on any atom is -0.481 e. The van der Waals surface area contributed by atoms with Gasteiger partial charge in [-0.05, 0) is 134 Å². The van der Waals surface area contributed by atoms with Crippen molar-refractivity contribution in [2.45, 2.75) is 147 Å². The summed E-state index contributed by atoms with van der Waals surface area (Å²) in [5, 5.41) is 0.845. The molecule has 6 aromatic heterocycles. The molecule has 8 heterocycles. The highest BCUT2D eigenvalue weighted by Gasteiger charge is 2.39. The smallest absolute Gasteiger partial charge is 0.373 e. The number of hydrogen-bond donors (Lipinski definition) is 2. The molecular formula is C62H87Br2N9O14. The number of halogens is 2. The summed E-state index contributed by atoms with van der Waals surface area (Å²) in [4.78, 5) is 104. The van der Waals surface area contributed by atoms with E-state index in [1.54, 1.807) is 46.9 Å². The minimum absolute atomic E-state index is 0. The molecule has 3 saturated carbocycles. The fraction of sp³-hybridized carbons (Fsp3) is 0.435. The van der Waals surface area contributed by atoms with Gasteiger partial charge in [0.2, 0.25) is 35.0 Å². The molecule has 0 unspecified atom stereocenters. The molecule has 0 atom stereocenters. The summed E-state index contributed by atoms with van der Waals surface area (Å²) >= 11 is 6.73. The highest BCUT2D eigenvalue weighted by atomic mass is 79.9. The number of aryl methyl sites for hydroxylation is 5. The zero-order valence-corrected chi connectivity index (χ0v) is 50.5. The van der Waals surface area contributed by atoms with Crippen molar-refractivity contribution in [2.75, 3.05) is 35.5 Å². The maximum atomic E-state index is 11.9. The van der Waals surface area contributed by atoms with Gasteiger partial charge in [-0.15, -0.1) is 0 Å². The average Bonchev–Trinajstić information content (AvgIpc) is 1.99. The van der Waals surface area contributed by atoms with Crippen LogP contribution in [0.15, 0.2) is 82.8 Å². The molecule has 5 aliphatic rings. The SMILES string of the molecule is C.C.C.C.C.COc1cc(C)c(Br)cn1.COc1cc(C)c(C)cn1.COc1cc(C)c(OC=O)cn1.COc1cc(CBr)c(C)cn1.COc1cc2c(cn1)C(=O)N(C1CC1)C2.NC1CC1.O=C1c2c[nH]c(=O)cc2CN1C1CC1.O=C=O.O=C=O. The Bertz CT molecular complexity index is 3120. The van der Waals surface area contributed by atoms with Crippen molar-refractivity contribution in [3.8, 4) is 35.1 Å². The van der Waals surface area contributed by atoms with Gasteiger partial charge in [0.1, 0.15) is 0 Å². The van der Waals surface area contributed by atoms with Crippen LogP contribution in [0, 0.1) is 34.6 Å². The van der Waals surface area contributed by atoms with Crippen molar-refractivity contribution in [3.63, 3.8) is 0 Å². The van der Waals surface area contributed by atoms with Crippen LogP contribution in [0.2, 0.25) is 0 Å². The van der Waals surface area contributed by atoms with Gasteiger partial charge in [-0.2, -0.15) is 19.2 Å². The van der Waals surface area contributed by atoms with Gasteiger partial charge in [0.05, 0.1) is 52.9 Å². The maximum absolute atomic E-state index is 11.9.